The molecule has 2 aromatic heterocycles. The van der Waals surface area contributed by atoms with Crippen molar-refractivity contribution < 1.29 is 0 Å². The summed E-state index contributed by atoms with van der Waals surface area (Å²) in [6.45, 7) is 4.15. The van der Waals surface area contributed by atoms with Crippen molar-refractivity contribution in [3.8, 4) is 0 Å². The third-order valence-electron chi connectivity index (χ3n) is 1.83. The minimum absolute atomic E-state index is 0.363. The lowest BCUT2D eigenvalue weighted by Crippen LogP contribution is -1.88. The van der Waals surface area contributed by atoms with Crippen LogP contribution in [0.15, 0.2) is 11.4 Å². The van der Waals surface area contributed by atoms with Gasteiger partial charge in [0, 0.05) is 5.92 Å². The number of thiol groups is 1. The van der Waals surface area contributed by atoms with Crippen molar-refractivity contribution in [2.24, 2.45) is 0 Å². The number of rotatable bonds is 1. The van der Waals surface area contributed by atoms with Gasteiger partial charge in [-0.15, -0.1) is 12.6 Å². The van der Waals surface area contributed by atoms with E-state index < -0.39 is 0 Å². The first-order valence-electron chi connectivity index (χ1n) is 4.08. The van der Waals surface area contributed by atoms with Gasteiger partial charge in [0.05, 0.1) is 0 Å². The van der Waals surface area contributed by atoms with E-state index in [1.165, 1.54) is 6.33 Å². The van der Waals surface area contributed by atoms with Gasteiger partial charge in [-0.3, -0.25) is 0 Å². The molecule has 0 saturated carbocycles. The molecular weight excluding hydrogens is 184 g/mol. The number of imidazole rings is 1. The Balaban J connectivity index is 2.68. The molecule has 5 heteroatoms. The molecular formula is C8H10N4S. The molecule has 0 aromatic carbocycles. The summed E-state index contributed by atoms with van der Waals surface area (Å²) >= 11 is 4.21. The number of hydrogen-bond donors (Lipinski definition) is 2. The van der Waals surface area contributed by atoms with Crippen molar-refractivity contribution in [3.05, 3.63) is 12.2 Å². The zero-order valence-electron chi connectivity index (χ0n) is 7.44. The molecule has 0 saturated heterocycles. The fourth-order valence-corrected chi connectivity index (χ4v) is 1.32. The summed E-state index contributed by atoms with van der Waals surface area (Å²) in [5, 5.41) is 0.643. The minimum Gasteiger partial charge on any atom is -0.338 e. The number of aromatic nitrogens is 4. The molecule has 0 fully saturated rings. The molecule has 4 nitrogen and oxygen atoms in total. The minimum atomic E-state index is 0.363. The largest absolute Gasteiger partial charge is 0.338 e. The zero-order valence-corrected chi connectivity index (χ0v) is 8.34. The quantitative estimate of drug-likeness (QED) is 0.537. The number of nitrogens with one attached hydrogen (secondary N) is 1. The van der Waals surface area contributed by atoms with Crippen molar-refractivity contribution in [3.63, 3.8) is 0 Å². The summed E-state index contributed by atoms with van der Waals surface area (Å²) in [5.74, 6) is 1.28. The molecule has 0 unspecified atom stereocenters. The van der Waals surface area contributed by atoms with Crippen LogP contribution in [-0.2, 0) is 0 Å². The summed E-state index contributed by atoms with van der Waals surface area (Å²) in [5.41, 5.74) is 1.50. The van der Waals surface area contributed by atoms with Crippen LogP contribution in [0.3, 0.4) is 0 Å². The number of nitrogens with zero attached hydrogens (tertiary/aromatic N) is 3. The third-order valence-corrected chi connectivity index (χ3v) is 2.17. The zero-order chi connectivity index (χ0) is 9.42. The van der Waals surface area contributed by atoms with Crippen molar-refractivity contribution in [2.75, 3.05) is 0 Å². The van der Waals surface area contributed by atoms with E-state index in [1.54, 1.807) is 0 Å². The van der Waals surface area contributed by atoms with Crippen LogP contribution in [-0.4, -0.2) is 19.9 Å². The summed E-state index contributed by atoms with van der Waals surface area (Å²) < 4.78 is 0. The van der Waals surface area contributed by atoms with Crippen LogP contribution in [0.5, 0.6) is 0 Å². The highest BCUT2D eigenvalue weighted by molar-refractivity contribution is 7.80. The highest BCUT2D eigenvalue weighted by atomic mass is 32.1. The van der Waals surface area contributed by atoms with Crippen LogP contribution in [0, 0.1) is 0 Å². The Morgan fingerprint density at radius 1 is 1.38 bits per heavy atom. The predicted octanol–water partition coefficient (Wildman–Crippen LogP) is 1.76. The van der Waals surface area contributed by atoms with Crippen LogP contribution in [0.4, 0.5) is 0 Å². The monoisotopic (exact) mass is 194 g/mol. The lowest BCUT2D eigenvalue weighted by atomic mass is 10.2. The number of fused-ring (bicyclic) bond motifs is 1. The summed E-state index contributed by atoms with van der Waals surface area (Å²) in [6, 6.07) is 0. The third kappa shape index (κ3) is 1.39. The maximum Gasteiger partial charge on any atom is 0.181 e. The van der Waals surface area contributed by atoms with Crippen LogP contribution in [0.1, 0.15) is 25.6 Å². The second-order valence-corrected chi connectivity index (χ2v) is 3.60. The Kier molecular flexibility index (Phi) is 1.95. The normalized spacial score (nSPS) is 11.4. The molecule has 13 heavy (non-hydrogen) atoms. The Morgan fingerprint density at radius 2 is 2.15 bits per heavy atom. The van der Waals surface area contributed by atoms with Crippen molar-refractivity contribution >= 4 is 23.8 Å². The van der Waals surface area contributed by atoms with E-state index >= 15 is 0 Å². The van der Waals surface area contributed by atoms with E-state index in [-0.39, 0.29) is 0 Å². The van der Waals surface area contributed by atoms with Crippen molar-refractivity contribution in [1.82, 2.24) is 19.9 Å². The number of hydrogen-bond acceptors (Lipinski definition) is 4. The van der Waals surface area contributed by atoms with Gasteiger partial charge in [0.15, 0.2) is 5.65 Å². The molecule has 0 bridgehead atoms. The van der Waals surface area contributed by atoms with Crippen LogP contribution in [0.25, 0.3) is 11.2 Å². The van der Waals surface area contributed by atoms with Gasteiger partial charge in [0.25, 0.3) is 0 Å². The van der Waals surface area contributed by atoms with E-state index in [0.717, 1.165) is 11.3 Å². The standard InChI is InChI=1S/C8H10N4S/c1-4(2)6-11-5-7(12-6)9-3-10-8(5)13/h3-4H,1-2H3,(H2,9,10,11,12,13). The second-order valence-electron chi connectivity index (χ2n) is 3.17. The smallest absolute Gasteiger partial charge is 0.181 e. The Bertz CT molecular complexity index is 435. The molecule has 0 atom stereocenters. The summed E-state index contributed by atoms with van der Waals surface area (Å²) in [6.07, 6.45) is 1.47. The van der Waals surface area contributed by atoms with Gasteiger partial charge >= 0.3 is 0 Å². The topological polar surface area (TPSA) is 54.5 Å². The fourth-order valence-electron chi connectivity index (χ4n) is 1.11. The van der Waals surface area contributed by atoms with Gasteiger partial charge < -0.3 is 4.98 Å². The first-order valence-corrected chi connectivity index (χ1v) is 4.53. The van der Waals surface area contributed by atoms with E-state index in [9.17, 15) is 0 Å². The molecule has 2 rings (SSSR count). The summed E-state index contributed by atoms with van der Waals surface area (Å²) in [4.78, 5) is 15.5. The molecule has 68 valence electrons. The first-order chi connectivity index (χ1) is 6.18. The first kappa shape index (κ1) is 8.50. The molecule has 2 heterocycles. The van der Waals surface area contributed by atoms with E-state index in [0.29, 0.717) is 16.6 Å². The average molecular weight is 194 g/mol. The van der Waals surface area contributed by atoms with Crippen molar-refractivity contribution in [2.45, 2.75) is 24.8 Å². The Hall–Kier alpha value is -1.10. The van der Waals surface area contributed by atoms with Gasteiger partial charge in [-0.2, -0.15) is 0 Å². The Labute approximate surface area is 81.2 Å². The van der Waals surface area contributed by atoms with E-state index in [2.05, 4.69) is 46.4 Å². The second kappa shape index (κ2) is 2.99. The van der Waals surface area contributed by atoms with Gasteiger partial charge in [-0.1, -0.05) is 13.8 Å². The van der Waals surface area contributed by atoms with Crippen LogP contribution < -0.4 is 0 Å². The molecule has 2 aromatic rings. The molecule has 0 spiro atoms. The van der Waals surface area contributed by atoms with Gasteiger partial charge in [-0.05, 0) is 0 Å². The van der Waals surface area contributed by atoms with Gasteiger partial charge in [0.2, 0.25) is 0 Å². The lowest BCUT2D eigenvalue weighted by molar-refractivity contribution is 0.798. The van der Waals surface area contributed by atoms with Gasteiger partial charge in [0.1, 0.15) is 22.7 Å². The molecule has 0 amide bonds. The lowest BCUT2D eigenvalue weighted by Gasteiger charge is -1.95. The molecule has 0 aliphatic rings. The SMILES string of the molecule is CC(C)c1nc2ncnc(S)c2[nH]1. The van der Waals surface area contributed by atoms with E-state index in [1.807, 2.05) is 0 Å². The molecule has 0 aliphatic heterocycles. The van der Waals surface area contributed by atoms with Crippen LogP contribution in [0.2, 0.25) is 0 Å². The number of H-pyrrole nitrogens is 1. The summed E-state index contributed by atoms with van der Waals surface area (Å²) in [7, 11) is 0. The fraction of sp³-hybridized carbons (Fsp3) is 0.375. The predicted molar refractivity (Wildman–Crippen MR) is 53.0 cm³/mol. The molecule has 0 radical (unpaired) electrons. The molecule has 0 aliphatic carbocycles. The molecule has 1 N–H and O–H groups in total. The van der Waals surface area contributed by atoms with Crippen LogP contribution >= 0.6 is 12.6 Å². The maximum absolute atomic E-state index is 4.32. The maximum atomic E-state index is 4.32. The van der Waals surface area contributed by atoms with Crippen molar-refractivity contribution in [1.29, 1.82) is 0 Å². The highest BCUT2D eigenvalue weighted by Gasteiger charge is 2.08. The average Bonchev–Trinajstić information content (AvgIpc) is 2.49. The number of aromatic amines is 1. The Morgan fingerprint density at radius 3 is 2.77 bits per heavy atom. The highest BCUT2D eigenvalue weighted by Crippen LogP contribution is 2.18. The van der Waals surface area contributed by atoms with Gasteiger partial charge in [-0.25, -0.2) is 15.0 Å². The van der Waals surface area contributed by atoms with E-state index in [4.69, 9.17) is 0 Å².